The number of hydrogen-bond donors (Lipinski definition) is 1. The van der Waals surface area contributed by atoms with Crippen molar-refractivity contribution in [3.63, 3.8) is 0 Å². The highest BCUT2D eigenvalue weighted by Gasteiger charge is 2.49. The normalized spacial score (nSPS) is 30.9. The van der Waals surface area contributed by atoms with Crippen LogP contribution >= 0.6 is 0 Å². The molecule has 3 unspecified atom stereocenters. The second kappa shape index (κ2) is 5.71. The van der Waals surface area contributed by atoms with Crippen LogP contribution in [0.15, 0.2) is 10.2 Å². The van der Waals surface area contributed by atoms with Crippen molar-refractivity contribution < 1.29 is 9.59 Å². The van der Waals surface area contributed by atoms with Gasteiger partial charge in [0, 0.05) is 32.2 Å². The summed E-state index contributed by atoms with van der Waals surface area (Å²) in [6.45, 7) is 0.669. The number of carbonyl (C=O) groups is 2. The number of likely N-dealkylation sites (tertiary alicyclic amines) is 1. The topological polar surface area (TPSA) is 88.1 Å². The molecule has 3 rings (SSSR count). The minimum Gasteiger partial charge on any atom is -0.368 e. The van der Waals surface area contributed by atoms with Crippen LogP contribution in [-0.2, 0) is 9.59 Å². The summed E-state index contributed by atoms with van der Waals surface area (Å²) in [6.07, 6.45) is 10.7. The Labute approximate surface area is 130 Å². The van der Waals surface area contributed by atoms with E-state index in [1.807, 2.05) is 0 Å². The summed E-state index contributed by atoms with van der Waals surface area (Å²) >= 11 is 0. The fourth-order valence-electron chi connectivity index (χ4n) is 4.05. The van der Waals surface area contributed by atoms with Gasteiger partial charge in [-0.3, -0.25) is 9.59 Å². The Morgan fingerprint density at radius 3 is 2.73 bits per heavy atom. The van der Waals surface area contributed by atoms with Gasteiger partial charge in [-0.1, -0.05) is 6.42 Å². The first-order chi connectivity index (χ1) is 10.6. The van der Waals surface area contributed by atoms with E-state index < -0.39 is 11.7 Å². The molecule has 0 aromatic heterocycles. The molecule has 2 aliphatic heterocycles. The largest absolute Gasteiger partial charge is 0.368 e. The van der Waals surface area contributed by atoms with Gasteiger partial charge in [0.2, 0.25) is 11.8 Å². The van der Waals surface area contributed by atoms with Gasteiger partial charge in [0.1, 0.15) is 6.04 Å². The van der Waals surface area contributed by atoms with Crippen molar-refractivity contribution in [2.45, 2.75) is 56.7 Å². The highest BCUT2D eigenvalue weighted by Crippen LogP contribution is 2.43. The maximum Gasteiger partial charge on any atom is 0.240 e. The summed E-state index contributed by atoms with van der Waals surface area (Å²) in [5.41, 5.74) is 5.11. The minimum atomic E-state index is -0.445. The van der Waals surface area contributed by atoms with Gasteiger partial charge in [0.15, 0.2) is 5.66 Å². The molecular weight excluding hydrogens is 280 g/mol. The van der Waals surface area contributed by atoms with E-state index in [0.717, 1.165) is 19.3 Å². The molecule has 0 aromatic carbocycles. The van der Waals surface area contributed by atoms with Crippen molar-refractivity contribution >= 4 is 11.8 Å². The SMILES string of the molecule is C#CCCC1(CCC(=O)N2CC3CCCC3C2C(N)=O)N=N1. The first kappa shape index (κ1) is 15.0. The van der Waals surface area contributed by atoms with Gasteiger partial charge in [-0.15, -0.1) is 12.3 Å². The summed E-state index contributed by atoms with van der Waals surface area (Å²) in [5, 5.41) is 8.10. The van der Waals surface area contributed by atoms with Gasteiger partial charge in [0.25, 0.3) is 0 Å². The lowest BCUT2D eigenvalue weighted by Gasteiger charge is -2.25. The quantitative estimate of drug-likeness (QED) is 0.753. The minimum absolute atomic E-state index is 0.00409. The number of rotatable bonds is 6. The van der Waals surface area contributed by atoms with Crippen molar-refractivity contribution in [3.8, 4) is 12.3 Å². The highest BCUT2D eigenvalue weighted by molar-refractivity contribution is 5.87. The lowest BCUT2D eigenvalue weighted by Crippen LogP contribution is -2.46. The first-order valence-corrected chi connectivity index (χ1v) is 8.03. The predicted molar refractivity (Wildman–Crippen MR) is 80.4 cm³/mol. The molecule has 2 N–H and O–H groups in total. The van der Waals surface area contributed by atoms with Crippen molar-refractivity contribution in [3.05, 3.63) is 0 Å². The van der Waals surface area contributed by atoms with Gasteiger partial charge in [0.05, 0.1) is 0 Å². The van der Waals surface area contributed by atoms with Crippen LogP contribution in [0.2, 0.25) is 0 Å². The molecule has 0 radical (unpaired) electrons. The molecule has 6 nitrogen and oxygen atoms in total. The van der Waals surface area contributed by atoms with Crippen LogP contribution in [0.4, 0.5) is 0 Å². The fourth-order valence-corrected chi connectivity index (χ4v) is 4.05. The lowest BCUT2D eigenvalue weighted by atomic mass is 9.93. The van der Waals surface area contributed by atoms with E-state index in [1.165, 1.54) is 0 Å². The summed E-state index contributed by atoms with van der Waals surface area (Å²) in [5.74, 6) is 2.90. The number of nitrogens with zero attached hydrogens (tertiary/aromatic N) is 3. The number of amides is 2. The number of primary amides is 1. The van der Waals surface area contributed by atoms with Crippen LogP contribution < -0.4 is 5.73 Å². The highest BCUT2D eigenvalue weighted by atomic mass is 16.2. The molecule has 1 aliphatic carbocycles. The zero-order chi connectivity index (χ0) is 15.7. The number of terminal acetylenes is 1. The maximum absolute atomic E-state index is 12.5. The van der Waals surface area contributed by atoms with Crippen LogP contribution in [0.3, 0.4) is 0 Å². The Bertz CT molecular complexity index is 545. The Hall–Kier alpha value is -1.90. The summed E-state index contributed by atoms with van der Waals surface area (Å²) < 4.78 is 0. The number of fused-ring (bicyclic) bond motifs is 1. The summed E-state index contributed by atoms with van der Waals surface area (Å²) in [7, 11) is 0. The third kappa shape index (κ3) is 2.72. The number of hydrogen-bond acceptors (Lipinski definition) is 4. The Balaban J connectivity index is 1.58. The van der Waals surface area contributed by atoms with Crippen molar-refractivity contribution in [2.24, 2.45) is 27.8 Å². The molecule has 1 saturated carbocycles. The number of carbonyl (C=O) groups excluding carboxylic acids is 2. The van der Waals surface area contributed by atoms with E-state index in [-0.39, 0.29) is 17.7 Å². The molecule has 0 bridgehead atoms. The summed E-state index contributed by atoms with van der Waals surface area (Å²) in [4.78, 5) is 26.0. The maximum atomic E-state index is 12.5. The van der Waals surface area contributed by atoms with E-state index >= 15 is 0 Å². The zero-order valence-electron chi connectivity index (χ0n) is 12.7. The van der Waals surface area contributed by atoms with E-state index in [4.69, 9.17) is 12.2 Å². The van der Waals surface area contributed by atoms with Crippen LogP contribution in [0.5, 0.6) is 0 Å². The van der Waals surface area contributed by atoms with E-state index in [0.29, 0.717) is 38.1 Å². The average molecular weight is 302 g/mol. The van der Waals surface area contributed by atoms with Gasteiger partial charge in [-0.05, 0) is 24.7 Å². The molecule has 118 valence electrons. The summed E-state index contributed by atoms with van der Waals surface area (Å²) in [6, 6.07) is -0.422. The molecule has 1 saturated heterocycles. The van der Waals surface area contributed by atoms with Crippen molar-refractivity contribution in [2.75, 3.05) is 6.54 Å². The molecule has 0 spiro atoms. The van der Waals surface area contributed by atoms with Crippen LogP contribution in [0.25, 0.3) is 0 Å². The predicted octanol–water partition coefficient (Wildman–Crippen LogP) is 1.45. The first-order valence-electron chi connectivity index (χ1n) is 8.03. The third-order valence-corrected chi connectivity index (χ3v) is 5.29. The molecule has 2 heterocycles. The Morgan fingerprint density at radius 1 is 1.32 bits per heavy atom. The van der Waals surface area contributed by atoms with Crippen molar-refractivity contribution in [1.29, 1.82) is 0 Å². The molecule has 6 heteroatoms. The average Bonchev–Trinajstić information content (AvgIpc) is 2.94. The molecular formula is C16H22N4O2. The van der Waals surface area contributed by atoms with E-state index in [1.54, 1.807) is 4.90 Å². The molecule has 0 aromatic rings. The molecule has 3 atom stereocenters. The van der Waals surface area contributed by atoms with E-state index in [9.17, 15) is 9.59 Å². The third-order valence-electron chi connectivity index (χ3n) is 5.29. The molecule has 3 aliphatic rings. The van der Waals surface area contributed by atoms with Crippen LogP contribution in [0.1, 0.15) is 44.9 Å². The Morgan fingerprint density at radius 2 is 2.09 bits per heavy atom. The van der Waals surface area contributed by atoms with Gasteiger partial charge in [-0.2, -0.15) is 10.2 Å². The van der Waals surface area contributed by atoms with Crippen LogP contribution in [0, 0.1) is 24.2 Å². The number of nitrogens with two attached hydrogens (primary N) is 1. The Kier molecular flexibility index (Phi) is 3.90. The van der Waals surface area contributed by atoms with Gasteiger partial charge < -0.3 is 10.6 Å². The van der Waals surface area contributed by atoms with Gasteiger partial charge in [-0.25, -0.2) is 0 Å². The molecule has 22 heavy (non-hydrogen) atoms. The molecule has 2 amide bonds. The second-order valence-electron chi connectivity index (χ2n) is 6.63. The standard InChI is InChI=1S/C16H22N4O2/c1-2-3-8-16(18-19-16)9-7-13(21)20-10-11-5-4-6-12(11)14(20)15(17)22/h1,11-12,14H,3-10H2,(H2,17,22). The van der Waals surface area contributed by atoms with E-state index in [2.05, 4.69) is 16.1 Å². The van der Waals surface area contributed by atoms with Gasteiger partial charge >= 0.3 is 0 Å². The zero-order valence-corrected chi connectivity index (χ0v) is 12.7. The van der Waals surface area contributed by atoms with Crippen molar-refractivity contribution in [1.82, 2.24) is 4.90 Å². The smallest absolute Gasteiger partial charge is 0.240 e. The second-order valence-corrected chi connectivity index (χ2v) is 6.63. The fraction of sp³-hybridized carbons (Fsp3) is 0.750. The van der Waals surface area contributed by atoms with Crippen LogP contribution in [-0.4, -0.2) is 35.0 Å². The monoisotopic (exact) mass is 302 g/mol. The lowest BCUT2D eigenvalue weighted by molar-refractivity contribution is -0.138. The molecule has 2 fully saturated rings.